The van der Waals surface area contributed by atoms with Gasteiger partial charge in [0.05, 0.1) is 13.0 Å². The fourth-order valence-electron chi connectivity index (χ4n) is 2.28. The lowest BCUT2D eigenvalue weighted by molar-refractivity contribution is -0.146. The molecule has 1 saturated heterocycles. The Morgan fingerprint density at radius 2 is 2.00 bits per heavy atom. The highest BCUT2D eigenvalue weighted by Gasteiger charge is 2.33. The van der Waals surface area contributed by atoms with Gasteiger partial charge in [-0.25, -0.2) is 0 Å². The third-order valence-corrected chi connectivity index (χ3v) is 5.60. The molecule has 1 aliphatic rings. The van der Waals surface area contributed by atoms with Crippen LogP contribution in [0.1, 0.15) is 19.3 Å². The molecule has 0 amide bonds. The van der Waals surface area contributed by atoms with E-state index in [0.29, 0.717) is 32.5 Å². The molecule has 1 heterocycles. The summed E-state index contributed by atoms with van der Waals surface area (Å²) in [5.41, 5.74) is 0. The monoisotopic (exact) mass is 307 g/mol. The van der Waals surface area contributed by atoms with Crippen LogP contribution in [0.15, 0.2) is 0 Å². The highest BCUT2D eigenvalue weighted by Crippen LogP contribution is 2.21. The molecule has 1 rings (SSSR count). The van der Waals surface area contributed by atoms with Crippen molar-refractivity contribution in [3.63, 3.8) is 0 Å². The quantitative estimate of drug-likeness (QED) is 0.514. The van der Waals surface area contributed by atoms with Crippen LogP contribution in [0.4, 0.5) is 0 Å². The van der Waals surface area contributed by atoms with Crippen molar-refractivity contribution in [1.29, 1.82) is 0 Å². The molecule has 0 radical (unpaired) electrons. The molecular formula is C12H25N3O4S. The van der Waals surface area contributed by atoms with Crippen molar-refractivity contribution < 1.29 is 17.9 Å². The minimum absolute atomic E-state index is 0.180. The third-order valence-electron chi connectivity index (χ3n) is 3.61. The molecule has 0 atom stereocenters. The van der Waals surface area contributed by atoms with Gasteiger partial charge in [-0.1, -0.05) is 0 Å². The van der Waals surface area contributed by atoms with Gasteiger partial charge in [0.1, 0.15) is 0 Å². The molecule has 1 aliphatic heterocycles. The zero-order chi connectivity index (χ0) is 15.2. The van der Waals surface area contributed by atoms with Gasteiger partial charge in [-0.05, 0) is 32.9 Å². The van der Waals surface area contributed by atoms with Crippen molar-refractivity contribution in [2.45, 2.75) is 19.3 Å². The Bertz CT molecular complexity index is 405. The lowest BCUT2D eigenvalue weighted by atomic mass is 9.99. The summed E-state index contributed by atoms with van der Waals surface area (Å²) in [5, 5.41) is 2.99. The SMILES string of the molecule is CNCCCN(C)S(=O)(=O)N1CCC(C(=O)OC)CC1. The van der Waals surface area contributed by atoms with E-state index in [1.165, 1.54) is 15.7 Å². The van der Waals surface area contributed by atoms with Crippen molar-refractivity contribution in [1.82, 2.24) is 13.9 Å². The normalized spacial score (nSPS) is 18.4. The molecule has 0 spiro atoms. The van der Waals surface area contributed by atoms with Crippen LogP contribution in [0.25, 0.3) is 0 Å². The summed E-state index contributed by atoms with van der Waals surface area (Å²) in [6.45, 7) is 2.02. The molecule has 1 N–H and O–H groups in total. The number of rotatable bonds is 7. The van der Waals surface area contributed by atoms with E-state index >= 15 is 0 Å². The maximum Gasteiger partial charge on any atom is 0.308 e. The van der Waals surface area contributed by atoms with Gasteiger partial charge < -0.3 is 10.1 Å². The van der Waals surface area contributed by atoms with E-state index in [4.69, 9.17) is 4.74 Å². The average Bonchev–Trinajstić information content (AvgIpc) is 2.46. The summed E-state index contributed by atoms with van der Waals surface area (Å²) < 4.78 is 32.2. The van der Waals surface area contributed by atoms with Crippen molar-refractivity contribution in [2.24, 2.45) is 5.92 Å². The van der Waals surface area contributed by atoms with Crippen LogP contribution in [0, 0.1) is 5.92 Å². The van der Waals surface area contributed by atoms with Gasteiger partial charge >= 0.3 is 5.97 Å². The molecule has 1 fully saturated rings. The number of hydrogen-bond acceptors (Lipinski definition) is 5. The molecule has 8 heteroatoms. The van der Waals surface area contributed by atoms with Crippen LogP contribution >= 0.6 is 0 Å². The van der Waals surface area contributed by atoms with E-state index in [0.717, 1.165) is 13.0 Å². The van der Waals surface area contributed by atoms with Gasteiger partial charge in [-0.15, -0.1) is 0 Å². The number of esters is 1. The predicted molar refractivity (Wildman–Crippen MR) is 76.4 cm³/mol. The second kappa shape index (κ2) is 7.92. The number of carbonyl (C=O) groups excluding carboxylic acids is 1. The fourth-order valence-corrected chi connectivity index (χ4v) is 3.71. The Morgan fingerprint density at radius 1 is 1.40 bits per heavy atom. The van der Waals surface area contributed by atoms with E-state index in [-0.39, 0.29) is 11.9 Å². The van der Waals surface area contributed by atoms with Crippen LogP contribution in [-0.4, -0.2) is 70.4 Å². The van der Waals surface area contributed by atoms with E-state index in [2.05, 4.69) is 5.32 Å². The Kier molecular flexibility index (Phi) is 6.87. The number of nitrogens with zero attached hydrogens (tertiary/aromatic N) is 2. The van der Waals surface area contributed by atoms with Crippen LogP contribution in [0.5, 0.6) is 0 Å². The van der Waals surface area contributed by atoms with Crippen molar-refractivity contribution >= 4 is 16.2 Å². The zero-order valence-corrected chi connectivity index (χ0v) is 13.3. The fraction of sp³-hybridized carbons (Fsp3) is 0.917. The van der Waals surface area contributed by atoms with Crippen LogP contribution < -0.4 is 5.32 Å². The summed E-state index contributed by atoms with van der Waals surface area (Å²) in [6.07, 6.45) is 1.82. The second-order valence-electron chi connectivity index (χ2n) is 4.98. The number of nitrogens with one attached hydrogen (secondary N) is 1. The van der Waals surface area contributed by atoms with E-state index in [9.17, 15) is 13.2 Å². The summed E-state index contributed by atoms with van der Waals surface area (Å²) in [7, 11) is 1.38. The van der Waals surface area contributed by atoms with Gasteiger partial charge in [0.2, 0.25) is 0 Å². The van der Waals surface area contributed by atoms with Crippen LogP contribution in [0.3, 0.4) is 0 Å². The van der Waals surface area contributed by atoms with Gasteiger partial charge in [-0.2, -0.15) is 17.0 Å². The molecular weight excluding hydrogens is 282 g/mol. The molecule has 0 aromatic heterocycles. The minimum Gasteiger partial charge on any atom is -0.469 e. The smallest absolute Gasteiger partial charge is 0.308 e. The highest BCUT2D eigenvalue weighted by atomic mass is 32.2. The van der Waals surface area contributed by atoms with Crippen molar-refractivity contribution in [3.8, 4) is 0 Å². The van der Waals surface area contributed by atoms with E-state index in [1.807, 2.05) is 7.05 Å². The predicted octanol–water partition coefficient (Wildman–Crippen LogP) is -0.342. The van der Waals surface area contributed by atoms with E-state index < -0.39 is 10.2 Å². The van der Waals surface area contributed by atoms with Crippen LogP contribution in [0.2, 0.25) is 0 Å². The van der Waals surface area contributed by atoms with Crippen molar-refractivity contribution in [2.75, 3.05) is 47.4 Å². The summed E-state index contributed by atoms with van der Waals surface area (Å²) >= 11 is 0. The molecule has 118 valence electrons. The standard InChI is InChI=1S/C12H25N3O4S/c1-13-7-4-8-14(2)20(17,18)15-9-5-11(6-10-15)12(16)19-3/h11,13H,4-10H2,1-3H3. The first kappa shape index (κ1) is 17.4. The van der Waals surface area contributed by atoms with Gasteiger partial charge in [0.15, 0.2) is 0 Å². The van der Waals surface area contributed by atoms with Gasteiger partial charge in [0, 0.05) is 26.7 Å². The molecule has 0 aromatic carbocycles. The maximum absolute atomic E-state index is 12.3. The molecule has 20 heavy (non-hydrogen) atoms. The Balaban J connectivity index is 2.51. The number of carbonyl (C=O) groups is 1. The Hall–Kier alpha value is -0.700. The first-order valence-electron chi connectivity index (χ1n) is 6.87. The van der Waals surface area contributed by atoms with Crippen molar-refractivity contribution in [3.05, 3.63) is 0 Å². The highest BCUT2D eigenvalue weighted by molar-refractivity contribution is 7.86. The number of hydrogen-bond donors (Lipinski definition) is 1. The molecule has 0 aliphatic carbocycles. The van der Waals surface area contributed by atoms with Gasteiger partial charge in [0.25, 0.3) is 10.2 Å². The third kappa shape index (κ3) is 4.41. The molecule has 0 unspecified atom stereocenters. The molecule has 0 bridgehead atoms. The minimum atomic E-state index is -3.41. The number of piperidine rings is 1. The molecule has 0 saturated carbocycles. The zero-order valence-electron chi connectivity index (χ0n) is 12.5. The van der Waals surface area contributed by atoms with E-state index in [1.54, 1.807) is 7.05 Å². The van der Waals surface area contributed by atoms with Gasteiger partial charge in [-0.3, -0.25) is 4.79 Å². The summed E-state index contributed by atoms with van der Waals surface area (Å²) in [4.78, 5) is 11.4. The first-order valence-corrected chi connectivity index (χ1v) is 8.27. The Morgan fingerprint density at radius 3 is 2.50 bits per heavy atom. The Labute approximate surface area is 121 Å². The lowest BCUT2D eigenvalue weighted by Gasteiger charge is -2.32. The number of ether oxygens (including phenoxy) is 1. The summed E-state index contributed by atoms with van der Waals surface area (Å²) in [6, 6.07) is 0. The van der Waals surface area contributed by atoms with Crippen LogP contribution in [-0.2, 0) is 19.7 Å². The largest absolute Gasteiger partial charge is 0.469 e. The number of methoxy groups -OCH3 is 1. The molecule has 7 nitrogen and oxygen atoms in total. The lowest BCUT2D eigenvalue weighted by Crippen LogP contribution is -2.47. The average molecular weight is 307 g/mol. The topological polar surface area (TPSA) is 79.0 Å². The first-order chi connectivity index (χ1) is 9.43. The summed E-state index contributed by atoms with van der Waals surface area (Å²) in [5.74, 6) is -0.425. The molecule has 0 aromatic rings. The maximum atomic E-state index is 12.3. The second-order valence-corrected chi connectivity index (χ2v) is 7.02.